The van der Waals surface area contributed by atoms with Crippen LogP contribution in [0, 0.1) is 0 Å². The van der Waals surface area contributed by atoms with Crippen LogP contribution in [0.2, 0.25) is 0 Å². The second-order valence-corrected chi connectivity index (χ2v) is 10.3. The Morgan fingerprint density at radius 2 is 0.906 bits per heavy atom. The first-order chi connectivity index (χ1) is 15.2. The van der Waals surface area contributed by atoms with Gasteiger partial charge in [0.1, 0.15) is 6.54 Å². The van der Waals surface area contributed by atoms with Crippen molar-refractivity contribution in [2.75, 3.05) is 20.1 Å². The molecule has 1 nitrogen and oxygen atoms in total. The molecule has 0 N–H and O–H groups in total. The summed E-state index contributed by atoms with van der Waals surface area (Å²) in [7, 11) is 2.43. The number of hydrogen-bond acceptors (Lipinski definition) is 0. The maximum Gasteiger partial charge on any atom is 0.104 e. The number of hydrogen-bond donors (Lipinski definition) is 0. The van der Waals surface area contributed by atoms with Crippen molar-refractivity contribution in [1.82, 2.24) is 0 Å². The molecular formula is C30H56BrN. The van der Waals surface area contributed by atoms with Crippen molar-refractivity contribution in [1.29, 1.82) is 0 Å². The van der Waals surface area contributed by atoms with Gasteiger partial charge in [-0.05, 0) is 19.8 Å². The number of unbranched alkanes of at least 4 members (excludes halogenated alkanes) is 17. The molecule has 0 amide bonds. The first-order valence-electron chi connectivity index (χ1n) is 14.1. The molecule has 1 aromatic carbocycles. The van der Waals surface area contributed by atoms with Crippen LogP contribution in [0.1, 0.15) is 135 Å². The Balaban J connectivity index is 0.00000961. The van der Waals surface area contributed by atoms with Gasteiger partial charge in [-0.2, -0.15) is 0 Å². The molecule has 0 spiro atoms. The molecular weight excluding hydrogens is 454 g/mol. The molecule has 0 fully saturated rings. The molecule has 1 aromatic rings. The van der Waals surface area contributed by atoms with E-state index in [1.807, 2.05) is 0 Å². The van der Waals surface area contributed by atoms with Gasteiger partial charge in [0.25, 0.3) is 0 Å². The third-order valence-corrected chi connectivity index (χ3v) is 7.22. The first kappa shape index (κ1) is 31.7. The molecule has 1 atom stereocenters. The van der Waals surface area contributed by atoms with Crippen LogP contribution in [0.15, 0.2) is 30.3 Å². The lowest BCUT2D eigenvalue weighted by Crippen LogP contribution is -3.00. The summed E-state index contributed by atoms with van der Waals surface area (Å²) in [5.74, 6) is 0. The Hall–Kier alpha value is -0.340. The molecule has 188 valence electrons. The van der Waals surface area contributed by atoms with E-state index in [4.69, 9.17) is 0 Å². The van der Waals surface area contributed by atoms with Gasteiger partial charge in [-0.25, -0.2) is 0 Å². The van der Waals surface area contributed by atoms with Crippen molar-refractivity contribution in [3.05, 3.63) is 35.9 Å². The quantitative estimate of drug-likeness (QED) is 0.120. The van der Waals surface area contributed by atoms with Crippen LogP contribution < -0.4 is 17.0 Å². The van der Waals surface area contributed by atoms with E-state index in [9.17, 15) is 0 Å². The Bertz CT molecular complexity index is 489. The first-order valence-corrected chi connectivity index (χ1v) is 14.1. The molecule has 1 unspecified atom stereocenters. The molecule has 0 bridgehead atoms. The van der Waals surface area contributed by atoms with Crippen molar-refractivity contribution < 1.29 is 21.5 Å². The SMILES string of the molecule is CCCCCCCCCCCCCCCCCCCC[N+](C)(CC)Cc1ccccc1.[Br-]. The fourth-order valence-electron chi connectivity index (χ4n) is 4.77. The van der Waals surface area contributed by atoms with Crippen LogP contribution in [0.4, 0.5) is 0 Å². The lowest BCUT2D eigenvalue weighted by atomic mass is 10.0. The van der Waals surface area contributed by atoms with E-state index in [0.717, 1.165) is 0 Å². The second-order valence-electron chi connectivity index (χ2n) is 10.3. The van der Waals surface area contributed by atoms with Gasteiger partial charge in [0, 0.05) is 5.56 Å². The van der Waals surface area contributed by atoms with E-state index in [1.54, 1.807) is 0 Å². The minimum absolute atomic E-state index is 0. The average molecular weight is 511 g/mol. The Morgan fingerprint density at radius 3 is 1.28 bits per heavy atom. The van der Waals surface area contributed by atoms with Crippen LogP contribution in [-0.2, 0) is 6.54 Å². The maximum atomic E-state index is 2.43. The Labute approximate surface area is 213 Å². The lowest BCUT2D eigenvalue weighted by molar-refractivity contribution is -0.921. The van der Waals surface area contributed by atoms with Crippen LogP contribution in [0.25, 0.3) is 0 Å². The van der Waals surface area contributed by atoms with Crippen molar-refractivity contribution >= 4 is 0 Å². The third-order valence-electron chi connectivity index (χ3n) is 7.22. The van der Waals surface area contributed by atoms with E-state index in [2.05, 4.69) is 51.2 Å². The average Bonchev–Trinajstić information content (AvgIpc) is 2.79. The van der Waals surface area contributed by atoms with Gasteiger partial charge in [-0.3, -0.25) is 0 Å². The highest BCUT2D eigenvalue weighted by molar-refractivity contribution is 5.13. The summed E-state index contributed by atoms with van der Waals surface area (Å²) in [5, 5.41) is 0. The number of rotatable bonds is 22. The zero-order chi connectivity index (χ0) is 22.5. The Morgan fingerprint density at radius 1 is 0.531 bits per heavy atom. The highest BCUT2D eigenvalue weighted by Gasteiger charge is 2.18. The molecule has 0 saturated heterocycles. The van der Waals surface area contributed by atoms with E-state index in [1.165, 1.54) is 145 Å². The summed E-state index contributed by atoms with van der Waals surface area (Å²) in [4.78, 5) is 0. The normalized spacial score (nSPS) is 13.0. The second kappa shape index (κ2) is 22.5. The van der Waals surface area contributed by atoms with Gasteiger partial charge < -0.3 is 21.5 Å². The minimum atomic E-state index is 0. The van der Waals surface area contributed by atoms with Gasteiger partial charge in [0.2, 0.25) is 0 Å². The molecule has 0 aliphatic rings. The molecule has 0 aromatic heterocycles. The van der Waals surface area contributed by atoms with Gasteiger partial charge in [-0.1, -0.05) is 140 Å². The molecule has 0 radical (unpaired) electrons. The van der Waals surface area contributed by atoms with E-state index in [-0.39, 0.29) is 17.0 Å². The number of nitrogens with zero attached hydrogens (tertiary/aromatic N) is 1. The van der Waals surface area contributed by atoms with Crippen molar-refractivity contribution in [2.24, 2.45) is 0 Å². The largest absolute Gasteiger partial charge is 1.00 e. The van der Waals surface area contributed by atoms with Crippen LogP contribution in [0.5, 0.6) is 0 Å². The summed E-state index contributed by atoms with van der Waals surface area (Å²) in [5.41, 5.74) is 1.48. The van der Waals surface area contributed by atoms with Crippen molar-refractivity contribution in [3.63, 3.8) is 0 Å². The monoisotopic (exact) mass is 509 g/mol. The summed E-state index contributed by atoms with van der Waals surface area (Å²) in [6.07, 6.45) is 26.2. The molecule has 0 aliphatic heterocycles. The van der Waals surface area contributed by atoms with Gasteiger partial charge in [0.05, 0.1) is 20.1 Å². The smallest absolute Gasteiger partial charge is 0.104 e. The summed E-state index contributed by atoms with van der Waals surface area (Å²) >= 11 is 0. The Kier molecular flexibility index (Phi) is 22.2. The summed E-state index contributed by atoms with van der Waals surface area (Å²) in [6.45, 7) is 8.38. The highest BCUT2D eigenvalue weighted by Crippen LogP contribution is 2.16. The van der Waals surface area contributed by atoms with Gasteiger partial charge in [-0.15, -0.1) is 0 Å². The molecule has 2 heteroatoms. The summed E-state index contributed by atoms with van der Waals surface area (Å²) in [6, 6.07) is 11.0. The lowest BCUT2D eigenvalue weighted by Gasteiger charge is -2.33. The zero-order valence-corrected chi connectivity index (χ0v) is 23.6. The fourth-order valence-corrected chi connectivity index (χ4v) is 4.77. The molecule has 32 heavy (non-hydrogen) atoms. The summed E-state index contributed by atoms with van der Waals surface area (Å²) < 4.78 is 1.18. The zero-order valence-electron chi connectivity index (χ0n) is 22.1. The van der Waals surface area contributed by atoms with Crippen LogP contribution in [0.3, 0.4) is 0 Å². The topological polar surface area (TPSA) is 0 Å². The van der Waals surface area contributed by atoms with Crippen LogP contribution in [-0.4, -0.2) is 24.6 Å². The van der Waals surface area contributed by atoms with E-state index >= 15 is 0 Å². The fraction of sp³-hybridized carbons (Fsp3) is 0.800. The number of halogens is 1. The van der Waals surface area contributed by atoms with Gasteiger partial charge >= 0.3 is 0 Å². The van der Waals surface area contributed by atoms with Crippen LogP contribution >= 0.6 is 0 Å². The predicted octanol–water partition coefficient (Wildman–Crippen LogP) is 6.70. The van der Waals surface area contributed by atoms with Gasteiger partial charge in [0.15, 0.2) is 0 Å². The molecule has 1 rings (SSSR count). The van der Waals surface area contributed by atoms with Crippen molar-refractivity contribution in [2.45, 2.75) is 136 Å². The minimum Gasteiger partial charge on any atom is -1.00 e. The van der Waals surface area contributed by atoms with E-state index < -0.39 is 0 Å². The number of benzene rings is 1. The third kappa shape index (κ3) is 18.1. The maximum absolute atomic E-state index is 2.43. The standard InChI is InChI=1S/C30H56N.BrH/c1-4-6-7-8-9-10-11-12-13-14-15-16-17-18-19-20-21-25-28-31(3,5-2)29-30-26-23-22-24-27-30;/h22-24,26-27H,4-21,25,28-29H2,1-3H3;1H/q+1;/p-1. The van der Waals surface area contributed by atoms with E-state index in [0.29, 0.717) is 0 Å². The molecule has 0 heterocycles. The predicted molar refractivity (Wildman–Crippen MR) is 141 cm³/mol. The number of quaternary nitrogens is 1. The highest BCUT2D eigenvalue weighted by atomic mass is 79.9. The van der Waals surface area contributed by atoms with Crippen molar-refractivity contribution in [3.8, 4) is 0 Å². The molecule has 0 aliphatic carbocycles. The molecule has 0 saturated carbocycles.